The summed E-state index contributed by atoms with van der Waals surface area (Å²) in [7, 11) is 0. The molecule has 0 amide bonds. The largest absolute Gasteiger partial charge is 0.192 e. The van der Waals surface area contributed by atoms with Crippen LogP contribution in [0.25, 0.3) is 0 Å². The second-order valence-corrected chi connectivity index (χ2v) is 6.64. The van der Waals surface area contributed by atoms with Crippen LogP contribution in [0.2, 0.25) is 0 Å². The van der Waals surface area contributed by atoms with E-state index in [0.717, 1.165) is 5.56 Å². The molecule has 0 atom stereocenters. The number of nitriles is 2. The summed E-state index contributed by atoms with van der Waals surface area (Å²) in [5.74, 6) is 12.2. The van der Waals surface area contributed by atoms with E-state index in [1.54, 1.807) is 36.0 Å². The van der Waals surface area contributed by atoms with E-state index in [2.05, 4.69) is 35.8 Å². The minimum atomic E-state index is 0.480. The molecule has 0 spiro atoms. The molecule has 3 heteroatoms. The molecule has 0 radical (unpaired) electrons. The Morgan fingerprint density at radius 3 is 1.82 bits per heavy atom. The summed E-state index contributed by atoms with van der Waals surface area (Å²) < 4.78 is 0. The molecule has 0 aliphatic rings. The van der Waals surface area contributed by atoms with Gasteiger partial charge in [-0.2, -0.15) is 10.5 Å². The van der Waals surface area contributed by atoms with Crippen molar-refractivity contribution in [2.24, 2.45) is 0 Å². The van der Waals surface area contributed by atoms with E-state index in [9.17, 15) is 5.26 Å². The maximum absolute atomic E-state index is 9.46. The zero-order chi connectivity index (χ0) is 19.8. The summed E-state index contributed by atoms with van der Waals surface area (Å²) >= 11 is 1.68. The Labute approximate surface area is 169 Å². The normalized spacial score (nSPS) is 9.11. The van der Waals surface area contributed by atoms with Gasteiger partial charge in [-0.05, 0) is 60.9 Å². The Bertz CT molecular complexity index is 1220. The molecule has 0 heterocycles. The topological polar surface area (TPSA) is 47.6 Å². The first-order valence-corrected chi connectivity index (χ1v) is 9.67. The van der Waals surface area contributed by atoms with Crippen molar-refractivity contribution in [1.82, 2.24) is 0 Å². The highest BCUT2D eigenvalue weighted by molar-refractivity contribution is 7.98. The van der Waals surface area contributed by atoms with Gasteiger partial charge in [0.05, 0.1) is 11.1 Å². The minimum Gasteiger partial charge on any atom is -0.192 e. The molecule has 0 aromatic heterocycles. The van der Waals surface area contributed by atoms with Crippen LogP contribution in [0.5, 0.6) is 0 Å². The summed E-state index contributed by atoms with van der Waals surface area (Å²) in [5, 5.41) is 18.6. The van der Waals surface area contributed by atoms with Crippen molar-refractivity contribution < 1.29 is 0 Å². The lowest BCUT2D eigenvalue weighted by Crippen LogP contribution is -1.87. The first-order chi connectivity index (χ1) is 13.7. The van der Waals surface area contributed by atoms with Crippen LogP contribution < -0.4 is 0 Å². The van der Waals surface area contributed by atoms with Crippen LogP contribution in [0, 0.1) is 46.3 Å². The summed E-state index contributed by atoms with van der Waals surface area (Å²) in [6.45, 7) is 0. The summed E-state index contributed by atoms with van der Waals surface area (Å²) in [6.07, 6.45) is 2.03. The summed E-state index contributed by atoms with van der Waals surface area (Å²) in [6, 6.07) is 24.9. The van der Waals surface area contributed by atoms with E-state index in [1.807, 2.05) is 48.7 Å². The van der Waals surface area contributed by atoms with Crippen LogP contribution in [0.4, 0.5) is 0 Å². The molecule has 3 aromatic rings. The molecule has 3 aromatic carbocycles. The van der Waals surface area contributed by atoms with E-state index >= 15 is 0 Å². The van der Waals surface area contributed by atoms with Gasteiger partial charge in [-0.3, -0.25) is 0 Å². The zero-order valence-electron chi connectivity index (χ0n) is 15.2. The quantitative estimate of drug-likeness (QED) is 0.447. The van der Waals surface area contributed by atoms with E-state index in [0.29, 0.717) is 27.8 Å². The molecule has 0 aliphatic heterocycles. The van der Waals surface area contributed by atoms with Crippen molar-refractivity contribution in [1.29, 1.82) is 10.5 Å². The Balaban J connectivity index is 1.88. The Morgan fingerprint density at radius 2 is 1.18 bits per heavy atom. The van der Waals surface area contributed by atoms with Crippen LogP contribution >= 0.6 is 11.8 Å². The molecule has 3 rings (SSSR count). The van der Waals surface area contributed by atoms with Crippen molar-refractivity contribution in [2.75, 3.05) is 6.26 Å². The van der Waals surface area contributed by atoms with E-state index < -0.39 is 0 Å². The van der Waals surface area contributed by atoms with Gasteiger partial charge >= 0.3 is 0 Å². The highest BCUT2D eigenvalue weighted by atomic mass is 32.2. The third kappa shape index (κ3) is 4.63. The Morgan fingerprint density at radius 1 is 0.607 bits per heavy atom. The molecular formula is C25H14N2S. The van der Waals surface area contributed by atoms with Gasteiger partial charge in [0.2, 0.25) is 0 Å². The standard InChI is InChI=1S/C25H14N2S/c1-28-25-14-9-19(10-15-25)6-11-22-13-8-20(16-24(22)18-27)7-12-21-4-2-3-5-23(21)17-26/h2-5,8-10,13-16H,1H3. The number of nitrogens with zero attached hydrogens (tertiary/aromatic N) is 2. The molecule has 0 saturated heterocycles. The second-order valence-electron chi connectivity index (χ2n) is 5.76. The molecule has 0 fully saturated rings. The van der Waals surface area contributed by atoms with Crippen LogP contribution in [-0.4, -0.2) is 6.26 Å². The fraction of sp³-hybridized carbons (Fsp3) is 0.0400. The Kier molecular flexibility index (Phi) is 6.18. The number of hydrogen-bond donors (Lipinski definition) is 0. The minimum absolute atomic E-state index is 0.480. The van der Waals surface area contributed by atoms with Crippen molar-refractivity contribution >= 4 is 11.8 Å². The van der Waals surface area contributed by atoms with Gasteiger partial charge in [0.25, 0.3) is 0 Å². The van der Waals surface area contributed by atoms with Gasteiger partial charge in [-0.25, -0.2) is 0 Å². The second kappa shape index (κ2) is 9.16. The van der Waals surface area contributed by atoms with Crippen LogP contribution in [0.1, 0.15) is 33.4 Å². The lowest BCUT2D eigenvalue weighted by Gasteiger charge is -1.98. The number of benzene rings is 3. The van der Waals surface area contributed by atoms with Gasteiger partial charge < -0.3 is 0 Å². The van der Waals surface area contributed by atoms with Crippen LogP contribution in [0.3, 0.4) is 0 Å². The first kappa shape index (κ1) is 18.9. The summed E-state index contributed by atoms with van der Waals surface area (Å²) in [4.78, 5) is 1.18. The predicted octanol–water partition coefficient (Wildman–Crippen LogP) is 4.95. The van der Waals surface area contributed by atoms with E-state index in [-0.39, 0.29) is 0 Å². The molecular weight excluding hydrogens is 360 g/mol. The highest BCUT2D eigenvalue weighted by Crippen LogP contribution is 2.15. The van der Waals surface area contributed by atoms with E-state index in [1.165, 1.54) is 4.90 Å². The average Bonchev–Trinajstić information content (AvgIpc) is 2.77. The van der Waals surface area contributed by atoms with Crippen LogP contribution in [0.15, 0.2) is 71.6 Å². The number of thioether (sulfide) groups is 1. The maximum atomic E-state index is 9.46. The molecule has 0 unspecified atom stereocenters. The molecule has 28 heavy (non-hydrogen) atoms. The molecule has 0 bridgehead atoms. The number of hydrogen-bond acceptors (Lipinski definition) is 3. The lowest BCUT2D eigenvalue weighted by atomic mass is 10.0. The van der Waals surface area contributed by atoms with E-state index in [4.69, 9.17) is 5.26 Å². The SMILES string of the molecule is CSc1ccc(C#Cc2ccc(C#Cc3ccccc3C#N)cc2C#N)cc1. The fourth-order valence-electron chi connectivity index (χ4n) is 2.47. The average molecular weight is 374 g/mol. The highest BCUT2D eigenvalue weighted by Gasteiger charge is 2.01. The molecule has 0 aliphatic carbocycles. The molecule has 2 nitrogen and oxygen atoms in total. The monoisotopic (exact) mass is 374 g/mol. The Hall–Kier alpha value is -3.89. The number of rotatable bonds is 1. The third-order valence-corrected chi connectivity index (χ3v) is 4.70. The van der Waals surface area contributed by atoms with Gasteiger partial charge in [0.1, 0.15) is 12.1 Å². The predicted molar refractivity (Wildman–Crippen MR) is 112 cm³/mol. The van der Waals surface area contributed by atoms with Gasteiger partial charge in [-0.1, -0.05) is 35.8 Å². The lowest BCUT2D eigenvalue weighted by molar-refractivity contribution is 1.44. The molecule has 0 N–H and O–H groups in total. The van der Waals surface area contributed by atoms with Gasteiger partial charge in [0.15, 0.2) is 0 Å². The van der Waals surface area contributed by atoms with Crippen LogP contribution in [-0.2, 0) is 0 Å². The third-order valence-electron chi connectivity index (χ3n) is 3.96. The maximum Gasteiger partial charge on any atom is 0.100 e. The molecule has 0 saturated carbocycles. The van der Waals surface area contributed by atoms with Crippen molar-refractivity contribution in [3.63, 3.8) is 0 Å². The summed E-state index contributed by atoms with van der Waals surface area (Å²) in [5.41, 5.74) is 3.96. The zero-order valence-corrected chi connectivity index (χ0v) is 16.0. The first-order valence-electron chi connectivity index (χ1n) is 8.45. The van der Waals surface area contributed by atoms with Crippen molar-refractivity contribution in [3.8, 4) is 35.8 Å². The fourth-order valence-corrected chi connectivity index (χ4v) is 2.87. The van der Waals surface area contributed by atoms with Crippen molar-refractivity contribution in [3.05, 3.63) is 100 Å². The molecule has 130 valence electrons. The van der Waals surface area contributed by atoms with Crippen molar-refractivity contribution in [2.45, 2.75) is 4.90 Å². The smallest absolute Gasteiger partial charge is 0.100 e. The van der Waals surface area contributed by atoms with Gasteiger partial charge in [-0.15, -0.1) is 11.8 Å². The van der Waals surface area contributed by atoms with Gasteiger partial charge in [0, 0.05) is 27.1 Å².